The molecule has 15 heavy (non-hydrogen) atoms. The van der Waals surface area contributed by atoms with E-state index in [2.05, 4.69) is 6.92 Å². The predicted molar refractivity (Wildman–Crippen MR) is 65.1 cm³/mol. The second-order valence-corrected chi connectivity index (χ2v) is 4.26. The zero-order valence-electron chi connectivity index (χ0n) is 11.4. The first kappa shape index (κ1) is 16.7. The van der Waals surface area contributed by atoms with Gasteiger partial charge in [0.1, 0.15) is 5.60 Å². The van der Waals surface area contributed by atoms with E-state index < -0.39 is 5.60 Å². The third-order valence-corrected chi connectivity index (χ3v) is 1.55. The fourth-order valence-electron chi connectivity index (χ4n) is 0.826. The second-order valence-electron chi connectivity index (χ2n) is 4.26. The first-order chi connectivity index (χ1) is 6.87. The topological polar surface area (TPSA) is 29.5 Å². The quantitative estimate of drug-likeness (QED) is 0.721. The van der Waals surface area contributed by atoms with Gasteiger partial charge in [-0.25, -0.2) is 4.79 Å². The van der Waals surface area contributed by atoms with Gasteiger partial charge in [-0.05, 0) is 27.2 Å². The summed E-state index contributed by atoms with van der Waals surface area (Å²) < 4.78 is 5.18. The molecule has 1 amide bonds. The minimum atomic E-state index is -0.391. The van der Waals surface area contributed by atoms with Gasteiger partial charge in [0, 0.05) is 13.6 Å². The van der Waals surface area contributed by atoms with Crippen LogP contribution in [0.25, 0.3) is 0 Å². The molecular formula is C12H27NO2. The van der Waals surface area contributed by atoms with Crippen LogP contribution in [0.3, 0.4) is 0 Å². The minimum Gasteiger partial charge on any atom is -0.444 e. The summed E-state index contributed by atoms with van der Waals surface area (Å²) in [4.78, 5) is 13.0. The average molecular weight is 217 g/mol. The van der Waals surface area contributed by atoms with Gasteiger partial charge in [-0.1, -0.05) is 27.2 Å². The van der Waals surface area contributed by atoms with Crippen LogP contribution in [0.1, 0.15) is 54.4 Å². The Balaban J connectivity index is 0. The van der Waals surface area contributed by atoms with E-state index in [4.69, 9.17) is 4.74 Å². The van der Waals surface area contributed by atoms with Gasteiger partial charge in [-0.3, -0.25) is 0 Å². The van der Waals surface area contributed by atoms with Crippen LogP contribution in [0.4, 0.5) is 4.79 Å². The smallest absolute Gasteiger partial charge is 0.410 e. The zero-order valence-corrected chi connectivity index (χ0v) is 11.4. The third-order valence-electron chi connectivity index (χ3n) is 1.55. The maximum absolute atomic E-state index is 11.4. The molecule has 3 heteroatoms. The molecule has 0 rings (SSSR count). The molecule has 0 bridgehead atoms. The molecule has 0 unspecified atom stereocenters. The van der Waals surface area contributed by atoms with Gasteiger partial charge < -0.3 is 9.64 Å². The van der Waals surface area contributed by atoms with Crippen LogP contribution >= 0.6 is 0 Å². The number of unbranched alkanes of at least 4 members (excludes halogenated alkanes) is 1. The molecule has 0 fully saturated rings. The lowest BCUT2D eigenvalue weighted by molar-refractivity contribution is 0.0297. The van der Waals surface area contributed by atoms with E-state index in [0.29, 0.717) is 0 Å². The van der Waals surface area contributed by atoms with Crippen LogP contribution in [0.5, 0.6) is 0 Å². The van der Waals surface area contributed by atoms with Crippen molar-refractivity contribution in [2.24, 2.45) is 0 Å². The highest BCUT2D eigenvalue weighted by Crippen LogP contribution is 2.09. The van der Waals surface area contributed by atoms with Crippen molar-refractivity contribution in [3.05, 3.63) is 0 Å². The van der Waals surface area contributed by atoms with Gasteiger partial charge in [0.05, 0.1) is 0 Å². The Hall–Kier alpha value is -0.730. The van der Waals surface area contributed by atoms with Crippen molar-refractivity contribution in [3.63, 3.8) is 0 Å². The Labute approximate surface area is 94.8 Å². The highest BCUT2D eigenvalue weighted by Gasteiger charge is 2.18. The van der Waals surface area contributed by atoms with Crippen LogP contribution in [-0.2, 0) is 4.74 Å². The average Bonchev–Trinajstić information content (AvgIpc) is 2.14. The van der Waals surface area contributed by atoms with Crippen molar-refractivity contribution in [2.75, 3.05) is 13.6 Å². The second kappa shape index (κ2) is 8.57. The first-order valence-electron chi connectivity index (χ1n) is 5.81. The molecular weight excluding hydrogens is 190 g/mol. The monoisotopic (exact) mass is 217 g/mol. The van der Waals surface area contributed by atoms with Crippen molar-refractivity contribution in [3.8, 4) is 0 Å². The van der Waals surface area contributed by atoms with E-state index in [1.807, 2.05) is 34.6 Å². The minimum absolute atomic E-state index is 0.235. The van der Waals surface area contributed by atoms with Gasteiger partial charge in [0.2, 0.25) is 0 Å². The summed E-state index contributed by atoms with van der Waals surface area (Å²) in [7, 11) is 1.77. The lowest BCUT2D eigenvalue weighted by Crippen LogP contribution is -2.34. The van der Waals surface area contributed by atoms with E-state index in [1.165, 1.54) is 0 Å². The van der Waals surface area contributed by atoms with Crippen molar-refractivity contribution >= 4 is 6.09 Å². The lowest BCUT2D eigenvalue weighted by Gasteiger charge is -2.24. The van der Waals surface area contributed by atoms with E-state index >= 15 is 0 Å². The molecule has 0 aromatic heterocycles. The number of hydrogen-bond acceptors (Lipinski definition) is 2. The van der Waals surface area contributed by atoms with E-state index in [9.17, 15) is 4.79 Å². The third kappa shape index (κ3) is 11.2. The van der Waals surface area contributed by atoms with Crippen LogP contribution in [0, 0.1) is 0 Å². The maximum Gasteiger partial charge on any atom is 0.410 e. The molecule has 0 heterocycles. The van der Waals surface area contributed by atoms with Crippen LogP contribution < -0.4 is 0 Å². The Morgan fingerprint density at radius 3 is 2.07 bits per heavy atom. The Morgan fingerprint density at radius 1 is 1.27 bits per heavy atom. The molecule has 0 aromatic carbocycles. The summed E-state index contributed by atoms with van der Waals surface area (Å²) in [5.74, 6) is 0. The molecule has 3 nitrogen and oxygen atoms in total. The Morgan fingerprint density at radius 2 is 1.73 bits per heavy atom. The van der Waals surface area contributed by atoms with Gasteiger partial charge in [0.25, 0.3) is 0 Å². The molecule has 0 aromatic rings. The molecule has 0 spiro atoms. The summed E-state index contributed by atoms with van der Waals surface area (Å²) in [5, 5.41) is 0. The molecule has 0 saturated carbocycles. The van der Waals surface area contributed by atoms with Crippen molar-refractivity contribution in [1.29, 1.82) is 0 Å². The number of ether oxygens (including phenoxy) is 1. The van der Waals surface area contributed by atoms with Gasteiger partial charge in [-0.15, -0.1) is 0 Å². The van der Waals surface area contributed by atoms with E-state index in [1.54, 1.807) is 11.9 Å². The van der Waals surface area contributed by atoms with Crippen LogP contribution in [0.15, 0.2) is 0 Å². The lowest BCUT2D eigenvalue weighted by atomic mass is 10.2. The van der Waals surface area contributed by atoms with Gasteiger partial charge in [-0.2, -0.15) is 0 Å². The molecule has 0 saturated heterocycles. The van der Waals surface area contributed by atoms with Crippen molar-refractivity contribution < 1.29 is 9.53 Å². The fourth-order valence-corrected chi connectivity index (χ4v) is 0.826. The largest absolute Gasteiger partial charge is 0.444 e. The first-order valence-corrected chi connectivity index (χ1v) is 5.81. The number of rotatable bonds is 3. The maximum atomic E-state index is 11.4. The van der Waals surface area contributed by atoms with Crippen molar-refractivity contribution in [2.45, 2.75) is 60.0 Å². The molecule has 0 aliphatic carbocycles. The van der Waals surface area contributed by atoms with Crippen molar-refractivity contribution in [1.82, 2.24) is 4.90 Å². The number of nitrogens with zero attached hydrogens (tertiary/aromatic N) is 1. The standard InChI is InChI=1S/C10H21NO2.C2H6/c1-6-7-8-11(5)9(12)13-10(2,3)4;1-2/h6-8H2,1-5H3;1-2H3. The molecule has 0 N–H and O–H groups in total. The predicted octanol–water partition coefficient (Wildman–Crippen LogP) is 3.68. The fraction of sp³-hybridized carbons (Fsp3) is 0.917. The summed E-state index contributed by atoms with van der Waals surface area (Å²) in [6, 6.07) is 0. The van der Waals surface area contributed by atoms with E-state index in [-0.39, 0.29) is 6.09 Å². The highest BCUT2D eigenvalue weighted by atomic mass is 16.6. The number of carbonyl (C=O) groups is 1. The molecule has 0 aliphatic rings. The summed E-state index contributed by atoms with van der Waals surface area (Å²) in [5.41, 5.74) is -0.391. The van der Waals surface area contributed by atoms with Gasteiger partial charge in [0.15, 0.2) is 0 Å². The molecule has 92 valence electrons. The normalized spacial score (nSPS) is 10.1. The van der Waals surface area contributed by atoms with Crippen LogP contribution in [-0.4, -0.2) is 30.2 Å². The van der Waals surface area contributed by atoms with Gasteiger partial charge >= 0.3 is 6.09 Å². The van der Waals surface area contributed by atoms with Crippen LogP contribution in [0.2, 0.25) is 0 Å². The van der Waals surface area contributed by atoms with E-state index in [0.717, 1.165) is 19.4 Å². The number of carbonyl (C=O) groups excluding carboxylic acids is 1. The Bertz CT molecular complexity index is 161. The molecule has 0 radical (unpaired) electrons. The summed E-state index contributed by atoms with van der Waals surface area (Å²) >= 11 is 0. The highest BCUT2D eigenvalue weighted by molar-refractivity contribution is 5.67. The number of hydrogen-bond donors (Lipinski definition) is 0. The molecule has 0 atom stereocenters. The number of amides is 1. The Kier molecular flexibility index (Phi) is 9.53. The molecule has 0 aliphatic heterocycles. The SMILES string of the molecule is CC.CCCCN(C)C(=O)OC(C)(C)C. The summed E-state index contributed by atoms with van der Waals surface area (Å²) in [6.07, 6.45) is 1.88. The zero-order chi connectivity index (χ0) is 12.5. The summed E-state index contributed by atoms with van der Waals surface area (Å²) in [6.45, 7) is 12.5.